The van der Waals surface area contributed by atoms with Crippen LogP contribution in [-0.2, 0) is 9.53 Å². The minimum absolute atomic E-state index is 0.0699. The lowest BCUT2D eigenvalue weighted by Gasteiger charge is -2.23. The molecular formula is C21H33N3O3. The number of nitrogens with one attached hydrogen (secondary N) is 2. The van der Waals surface area contributed by atoms with E-state index >= 15 is 0 Å². The number of amides is 2. The largest absolute Gasteiger partial charge is 0.382 e. The monoisotopic (exact) mass is 375 g/mol. The molecule has 1 aromatic carbocycles. The Kier molecular flexibility index (Phi) is 7.66. The molecule has 0 radical (unpaired) electrons. The predicted octanol–water partition coefficient (Wildman–Crippen LogP) is 3.43. The van der Waals surface area contributed by atoms with Crippen molar-refractivity contribution < 1.29 is 14.3 Å². The minimum Gasteiger partial charge on any atom is -0.382 e. The van der Waals surface area contributed by atoms with E-state index in [1.165, 1.54) is 0 Å². The van der Waals surface area contributed by atoms with Crippen LogP contribution in [-0.4, -0.2) is 44.7 Å². The molecule has 0 saturated carbocycles. The lowest BCUT2D eigenvalue weighted by molar-refractivity contribution is -0.123. The van der Waals surface area contributed by atoms with Crippen molar-refractivity contribution in [2.24, 2.45) is 5.41 Å². The van der Waals surface area contributed by atoms with Crippen LogP contribution in [0.2, 0.25) is 0 Å². The molecule has 0 spiro atoms. The Morgan fingerprint density at radius 3 is 2.52 bits per heavy atom. The zero-order chi connectivity index (χ0) is 19.9. The number of hydrogen-bond acceptors (Lipinski definition) is 4. The summed E-state index contributed by atoms with van der Waals surface area (Å²) in [5.41, 5.74) is 1.70. The first-order chi connectivity index (χ1) is 12.8. The van der Waals surface area contributed by atoms with Crippen LogP contribution in [0.3, 0.4) is 0 Å². The van der Waals surface area contributed by atoms with Crippen LogP contribution in [0.15, 0.2) is 18.2 Å². The molecule has 150 valence electrons. The van der Waals surface area contributed by atoms with Gasteiger partial charge in [-0.15, -0.1) is 0 Å². The van der Waals surface area contributed by atoms with Crippen molar-refractivity contribution in [3.63, 3.8) is 0 Å². The average molecular weight is 376 g/mol. The van der Waals surface area contributed by atoms with Gasteiger partial charge in [0, 0.05) is 49.6 Å². The Morgan fingerprint density at radius 1 is 1.19 bits per heavy atom. The van der Waals surface area contributed by atoms with Crippen LogP contribution in [0.25, 0.3) is 0 Å². The number of benzene rings is 1. The third-order valence-electron chi connectivity index (χ3n) is 4.58. The fourth-order valence-corrected chi connectivity index (χ4v) is 2.96. The van der Waals surface area contributed by atoms with E-state index in [-0.39, 0.29) is 11.8 Å². The molecule has 6 nitrogen and oxygen atoms in total. The van der Waals surface area contributed by atoms with Crippen molar-refractivity contribution in [3.05, 3.63) is 23.8 Å². The van der Waals surface area contributed by atoms with Crippen molar-refractivity contribution in [2.45, 2.75) is 47.0 Å². The van der Waals surface area contributed by atoms with Crippen molar-refractivity contribution in [2.75, 3.05) is 43.1 Å². The van der Waals surface area contributed by atoms with Gasteiger partial charge in [-0.05, 0) is 44.4 Å². The van der Waals surface area contributed by atoms with E-state index in [2.05, 4.69) is 15.5 Å². The third-order valence-corrected chi connectivity index (χ3v) is 4.58. The fourth-order valence-electron chi connectivity index (χ4n) is 2.96. The molecule has 0 bridgehead atoms. The van der Waals surface area contributed by atoms with Gasteiger partial charge in [-0.3, -0.25) is 9.59 Å². The number of ether oxygens (including phenoxy) is 1. The van der Waals surface area contributed by atoms with Gasteiger partial charge in [0.25, 0.3) is 5.91 Å². The van der Waals surface area contributed by atoms with Gasteiger partial charge in [-0.2, -0.15) is 0 Å². The number of nitrogens with zero attached hydrogens (tertiary/aromatic N) is 1. The maximum atomic E-state index is 12.8. The molecule has 6 heteroatoms. The topological polar surface area (TPSA) is 70.7 Å². The summed E-state index contributed by atoms with van der Waals surface area (Å²) in [5, 5.41) is 5.90. The summed E-state index contributed by atoms with van der Waals surface area (Å²) >= 11 is 0. The summed E-state index contributed by atoms with van der Waals surface area (Å²) in [6.07, 6.45) is 3.05. The van der Waals surface area contributed by atoms with E-state index in [1.807, 2.05) is 39.8 Å². The van der Waals surface area contributed by atoms with Gasteiger partial charge in [0.15, 0.2) is 0 Å². The zero-order valence-electron chi connectivity index (χ0n) is 17.1. The van der Waals surface area contributed by atoms with Crippen LogP contribution in [0, 0.1) is 5.41 Å². The smallest absolute Gasteiger partial charge is 0.253 e. The first kappa shape index (κ1) is 21.2. The van der Waals surface area contributed by atoms with Crippen LogP contribution in [0.5, 0.6) is 0 Å². The molecule has 2 rings (SSSR count). The molecule has 1 saturated heterocycles. The Labute approximate surface area is 162 Å². The highest BCUT2D eigenvalue weighted by atomic mass is 16.5. The summed E-state index contributed by atoms with van der Waals surface area (Å²) in [5.74, 6) is -0.181. The quantitative estimate of drug-likeness (QED) is 0.683. The van der Waals surface area contributed by atoms with Crippen LogP contribution in [0.1, 0.15) is 57.3 Å². The summed E-state index contributed by atoms with van der Waals surface area (Å²) in [6, 6.07) is 5.61. The van der Waals surface area contributed by atoms with Gasteiger partial charge in [0.2, 0.25) is 5.91 Å². The van der Waals surface area contributed by atoms with Crippen LogP contribution < -0.4 is 15.5 Å². The van der Waals surface area contributed by atoms with E-state index in [0.717, 1.165) is 38.0 Å². The SMILES string of the molecule is CCOCCCNC(=O)c1cc(NC(=O)C(C)(C)C)ccc1N1CCCC1. The highest BCUT2D eigenvalue weighted by molar-refractivity contribution is 6.02. The molecule has 27 heavy (non-hydrogen) atoms. The molecule has 1 aliphatic rings. The fraction of sp³-hybridized carbons (Fsp3) is 0.619. The van der Waals surface area contributed by atoms with Crippen molar-refractivity contribution in [3.8, 4) is 0 Å². The molecule has 1 fully saturated rings. The minimum atomic E-state index is -0.491. The zero-order valence-corrected chi connectivity index (χ0v) is 17.1. The van der Waals surface area contributed by atoms with Crippen molar-refractivity contribution >= 4 is 23.2 Å². The standard InChI is InChI=1S/C21H33N3O3/c1-5-27-14-8-11-22-19(25)17-15-16(23-20(26)21(2,3)4)9-10-18(17)24-12-6-7-13-24/h9-10,15H,5-8,11-14H2,1-4H3,(H,22,25)(H,23,26). The number of hydrogen-bond donors (Lipinski definition) is 2. The first-order valence-electron chi connectivity index (χ1n) is 9.89. The normalized spacial score (nSPS) is 14.3. The van der Waals surface area contributed by atoms with E-state index in [0.29, 0.717) is 31.0 Å². The van der Waals surface area contributed by atoms with Gasteiger partial charge in [-0.25, -0.2) is 0 Å². The third kappa shape index (κ3) is 6.24. The summed E-state index contributed by atoms with van der Waals surface area (Å²) in [4.78, 5) is 27.3. The van der Waals surface area contributed by atoms with E-state index in [4.69, 9.17) is 4.74 Å². The molecule has 2 amide bonds. The average Bonchev–Trinajstić information content (AvgIpc) is 3.15. The summed E-state index contributed by atoms with van der Waals surface area (Å²) < 4.78 is 5.31. The summed E-state index contributed by atoms with van der Waals surface area (Å²) in [6.45, 7) is 11.4. The second kappa shape index (κ2) is 9.74. The van der Waals surface area contributed by atoms with Gasteiger partial charge in [0.05, 0.1) is 5.56 Å². The number of anilines is 2. The number of carbonyl (C=O) groups is 2. The number of rotatable bonds is 8. The van der Waals surface area contributed by atoms with Gasteiger partial charge < -0.3 is 20.3 Å². The predicted molar refractivity (Wildman–Crippen MR) is 109 cm³/mol. The maximum absolute atomic E-state index is 12.8. The second-order valence-electron chi connectivity index (χ2n) is 7.94. The Hall–Kier alpha value is -2.08. The first-order valence-corrected chi connectivity index (χ1v) is 9.89. The Bertz CT molecular complexity index is 647. The summed E-state index contributed by atoms with van der Waals surface area (Å²) in [7, 11) is 0. The Morgan fingerprint density at radius 2 is 1.89 bits per heavy atom. The molecule has 0 atom stereocenters. The highest BCUT2D eigenvalue weighted by Crippen LogP contribution is 2.28. The molecule has 0 aliphatic carbocycles. The lowest BCUT2D eigenvalue weighted by atomic mass is 9.95. The molecular weight excluding hydrogens is 342 g/mol. The van der Waals surface area contributed by atoms with Crippen LogP contribution in [0.4, 0.5) is 11.4 Å². The maximum Gasteiger partial charge on any atom is 0.253 e. The highest BCUT2D eigenvalue weighted by Gasteiger charge is 2.23. The molecule has 1 heterocycles. The van der Waals surface area contributed by atoms with E-state index < -0.39 is 5.41 Å². The molecule has 1 aliphatic heterocycles. The van der Waals surface area contributed by atoms with Crippen molar-refractivity contribution in [1.29, 1.82) is 0 Å². The Balaban J connectivity index is 2.15. The second-order valence-corrected chi connectivity index (χ2v) is 7.94. The molecule has 2 N–H and O–H groups in total. The molecule has 1 aromatic rings. The van der Waals surface area contributed by atoms with E-state index in [9.17, 15) is 9.59 Å². The lowest BCUT2D eigenvalue weighted by Crippen LogP contribution is -2.30. The molecule has 0 unspecified atom stereocenters. The van der Waals surface area contributed by atoms with Crippen LogP contribution >= 0.6 is 0 Å². The van der Waals surface area contributed by atoms with Crippen molar-refractivity contribution in [1.82, 2.24) is 5.32 Å². The van der Waals surface area contributed by atoms with Gasteiger partial charge in [-0.1, -0.05) is 20.8 Å². The van der Waals surface area contributed by atoms with Gasteiger partial charge >= 0.3 is 0 Å². The molecule has 0 aromatic heterocycles. The van der Waals surface area contributed by atoms with Gasteiger partial charge in [0.1, 0.15) is 0 Å². The van der Waals surface area contributed by atoms with E-state index in [1.54, 1.807) is 6.07 Å². The number of carbonyl (C=O) groups excluding carboxylic acids is 2.